The highest BCUT2D eigenvalue weighted by Gasteiger charge is 2.37. The van der Waals surface area contributed by atoms with Crippen LogP contribution in [-0.4, -0.2) is 14.8 Å². The van der Waals surface area contributed by atoms with Gasteiger partial charge in [0.1, 0.15) is 0 Å². The van der Waals surface area contributed by atoms with Crippen LogP contribution in [0, 0.1) is 20.8 Å². The lowest BCUT2D eigenvalue weighted by atomic mass is 10.1. The number of hydrogen-bond acceptors (Lipinski definition) is 3. The third-order valence-corrected chi connectivity index (χ3v) is 8.80. The van der Waals surface area contributed by atoms with E-state index in [4.69, 9.17) is 0 Å². The molecule has 0 aliphatic carbocycles. The van der Waals surface area contributed by atoms with Gasteiger partial charge in [-0.25, -0.2) is 0 Å². The second-order valence-corrected chi connectivity index (χ2v) is 11.5. The molecule has 3 nitrogen and oxygen atoms in total. The molecule has 0 atom stereocenters. The fraction of sp³-hybridized carbons (Fsp3) is 0.143. The molecule has 36 heavy (non-hydrogen) atoms. The normalized spacial score (nSPS) is 11.6. The summed E-state index contributed by atoms with van der Waals surface area (Å²) < 4.78 is 59.7. The Labute approximate surface area is 213 Å². The van der Waals surface area contributed by atoms with E-state index in [2.05, 4.69) is 97.8 Å². The molecule has 0 unspecified atom stereocenters. The lowest BCUT2D eigenvalue weighted by Gasteiger charge is -2.13. The van der Waals surface area contributed by atoms with Gasteiger partial charge >= 0.3 is 16.5 Å². The van der Waals surface area contributed by atoms with Gasteiger partial charge < -0.3 is 0 Å². The Hall–Kier alpha value is -3.07. The quantitative estimate of drug-likeness (QED) is 0.197. The minimum Gasteiger partial charge on any atom is -0.194 e. The van der Waals surface area contributed by atoms with Crippen LogP contribution < -0.4 is 0 Å². The molecule has 0 N–H and O–H groups in total. The number of hydrogen-bond donors (Lipinski definition) is 0. The molecule has 0 amide bonds. The molecule has 0 aliphatic heterocycles. The van der Waals surface area contributed by atoms with Crippen molar-refractivity contribution in [1.29, 1.82) is 0 Å². The monoisotopic (exact) mass is 531 g/mol. The van der Waals surface area contributed by atoms with Crippen molar-refractivity contribution < 1.29 is 25.8 Å². The largest absolute Gasteiger partial charge is 0.537 e. The molecule has 8 heteroatoms. The van der Waals surface area contributed by atoms with Crippen molar-refractivity contribution in [3.05, 3.63) is 120 Å². The van der Waals surface area contributed by atoms with Crippen LogP contribution in [0.1, 0.15) is 16.7 Å². The molecule has 4 aromatic carbocycles. The number of rotatable bonds is 5. The molecule has 0 bridgehead atoms. The predicted molar refractivity (Wildman–Crippen MR) is 136 cm³/mol. The van der Waals surface area contributed by atoms with Crippen LogP contribution in [0.25, 0.3) is 0 Å². The summed E-state index contributed by atoms with van der Waals surface area (Å²) in [7, 11) is -4.79. The number of alkyl halides is 3. The van der Waals surface area contributed by atoms with Crippen LogP contribution in [0.2, 0.25) is 0 Å². The summed E-state index contributed by atoms with van der Waals surface area (Å²) in [6.45, 7) is 6.65. The maximum Gasteiger partial charge on any atom is 0.537 e. The zero-order valence-electron chi connectivity index (χ0n) is 20.0. The molecule has 0 fully saturated rings. The zero-order chi connectivity index (χ0) is 26.3. The van der Waals surface area contributed by atoms with Gasteiger partial charge in [0.15, 0.2) is 14.7 Å². The van der Waals surface area contributed by atoms with Crippen molar-refractivity contribution in [2.24, 2.45) is 0 Å². The van der Waals surface area contributed by atoms with Crippen LogP contribution in [0.5, 0.6) is 0 Å². The van der Waals surface area contributed by atoms with Crippen LogP contribution in [-0.2, 0) is 25.2 Å². The Kier molecular flexibility index (Phi) is 9.00. The molecule has 0 saturated heterocycles. The molecular formula is C28H26F3O3S2+. The van der Waals surface area contributed by atoms with E-state index >= 15 is 0 Å². The number of halogens is 3. The van der Waals surface area contributed by atoms with Crippen molar-refractivity contribution in [2.75, 3.05) is 0 Å². The van der Waals surface area contributed by atoms with E-state index in [0.717, 1.165) is 12.1 Å². The second-order valence-electron chi connectivity index (χ2n) is 7.96. The fourth-order valence-electron chi connectivity index (χ4n) is 3.73. The summed E-state index contributed by atoms with van der Waals surface area (Å²) in [5.74, 6) is 0. The minimum absolute atomic E-state index is 0.0460. The van der Waals surface area contributed by atoms with Gasteiger partial charge in [0.2, 0.25) is 0 Å². The lowest BCUT2D eigenvalue weighted by Crippen LogP contribution is -2.19. The highest BCUT2D eigenvalue weighted by atomic mass is 32.2. The first-order chi connectivity index (χ1) is 17.0. The van der Waals surface area contributed by atoms with Crippen molar-refractivity contribution >= 4 is 21.0 Å². The summed E-state index contributed by atoms with van der Waals surface area (Å²) in [4.78, 5) is 3.69. The van der Waals surface area contributed by atoms with Crippen molar-refractivity contribution in [2.45, 2.75) is 46.7 Å². The van der Waals surface area contributed by atoms with Gasteiger partial charge in [-0.2, -0.15) is 12.6 Å². The highest BCUT2D eigenvalue weighted by Crippen LogP contribution is 2.35. The average Bonchev–Trinajstić information content (AvgIpc) is 2.82. The van der Waals surface area contributed by atoms with Gasteiger partial charge in [-0.15, -0.1) is 13.2 Å². The lowest BCUT2D eigenvalue weighted by molar-refractivity contribution is -0.271. The van der Waals surface area contributed by atoms with E-state index in [1.807, 2.05) is 0 Å². The molecule has 0 aliphatic rings. The standard InChI is InChI=1S/C21H21S.C7H5F3O3S/c1-16-14-17(2)21(18(3)15-16)22(19-10-6-4-7-11-19)20-12-8-5-9-13-20;8-7(9,10)13-14(11,12)6-4-2-1-3-5-6/h4-15H,1-3H3;1-5H/q+1;. The Morgan fingerprint density at radius 3 is 1.44 bits per heavy atom. The van der Waals surface area contributed by atoms with Crippen LogP contribution in [0.3, 0.4) is 0 Å². The molecular weight excluding hydrogens is 505 g/mol. The summed E-state index contributed by atoms with van der Waals surface area (Å²) in [6.07, 6.45) is -5.20. The SMILES string of the molecule is Cc1cc(C)c([S+](c2ccccc2)c2ccccc2)c(C)c1.O=S(=O)(OC(F)(F)F)c1ccccc1. The first-order valence-electron chi connectivity index (χ1n) is 11.0. The second kappa shape index (κ2) is 11.8. The van der Waals surface area contributed by atoms with Gasteiger partial charge in [0.25, 0.3) is 0 Å². The van der Waals surface area contributed by atoms with E-state index < -0.39 is 21.4 Å². The van der Waals surface area contributed by atoms with Gasteiger partial charge in [0.05, 0.1) is 15.8 Å². The van der Waals surface area contributed by atoms with Crippen LogP contribution in [0.15, 0.2) is 123 Å². The Morgan fingerprint density at radius 2 is 1.06 bits per heavy atom. The third-order valence-electron chi connectivity index (χ3n) is 5.00. The van der Waals surface area contributed by atoms with Gasteiger partial charge in [-0.3, -0.25) is 0 Å². The third kappa shape index (κ3) is 7.46. The Bertz CT molecular complexity index is 1310. The first-order valence-corrected chi connectivity index (χ1v) is 13.6. The maximum atomic E-state index is 11.6. The van der Waals surface area contributed by atoms with Gasteiger partial charge in [0, 0.05) is 11.1 Å². The predicted octanol–water partition coefficient (Wildman–Crippen LogP) is 7.62. The van der Waals surface area contributed by atoms with E-state index in [1.165, 1.54) is 49.6 Å². The molecule has 0 radical (unpaired) electrons. The van der Waals surface area contributed by atoms with Crippen molar-refractivity contribution in [3.63, 3.8) is 0 Å². The summed E-state index contributed by atoms with van der Waals surface area (Å²) in [6, 6.07) is 32.4. The summed E-state index contributed by atoms with van der Waals surface area (Å²) >= 11 is 0. The molecule has 0 spiro atoms. The topological polar surface area (TPSA) is 43.4 Å². The van der Waals surface area contributed by atoms with E-state index in [1.54, 1.807) is 0 Å². The van der Waals surface area contributed by atoms with Crippen molar-refractivity contribution in [3.8, 4) is 0 Å². The fourth-order valence-corrected chi connectivity index (χ4v) is 6.93. The summed E-state index contributed by atoms with van der Waals surface area (Å²) in [5.41, 5.74) is 4.10. The van der Waals surface area contributed by atoms with Crippen molar-refractivity contribution in [1.82, 2.24) is 0 Å². The van der Waals surface area contributed by atoms with E-state index in [0.29, 0.717) is 0 Å². The molecule has 0 saturated carbocycles. The Morgan fingerprint density at radius 1 is 0.667 bits per heavy atom. The van der Waals surface area contributed by atoms with E-state index in [9.17, 15) is 21.6 Å². The number of benzene rings is 4. The van der Waals surface area contributed by atoms with Crippen LogP contribution >= 0.6 is 0 Å². The van der Waals surface area contributed by atoms with E-state index in [-0.39, 0.29) is 10.9 Å². The molecule has 4 rings (SSSR count). The molecule has 0 heterocycles. The smallest absolute Gasteiger partial charge is 0.194 e. The maximum absolute atomic E-state index is 11.6. The highest BCUT2D eigenvalue weighted by molar-refractivity contribution is 7.97. The van der Waals surface area contributed by atoms with Gasteiger partial charge in [-0.1, -0.05) is 72.3 Å². The first kappa shape index (κ1) is 27.5. The summed E-state index contributed by atoms with van der Waals surface area (Å²) in [5, 5.41) is 0. The number of aryl methyl sites for hydroxylation is 3. The zero-order valence-corrected chi connectivity index (χ0v) is 21.6. The van der Waals surface area contributed by atoms with Crippen LogP contribution in [0.4, 0.5) is 13.2 Å². The van der Waals surface area contributed by atoms with Gasteiger partial charge in [-0.05, 0) is 57.2 Å². The molecule has 188 valence electrons. The molecule has 4 aromatic rings. The average molecular weight is 532 g/mol. The Balaban J connectivity index is 0.000000223. The molecule has 0 aromatic heterocycles. The minimum atomic E-state index is -5.20.